The summed E-state index contributed by atoms with van der Waals surface area (Å²) in [7, 11) is 1.69. The van der Waals surface area contributed by atoms with Crippen molar-refractivity contribution in [1.82, 2.24) is 10.1 Å². The Kier molecular flexibility index (Phi) is 3.41. The van der Waals surface area contributed by atoms with Gasteiger partial charge in [0.1, 0.15) is 5.75 Å². The SMILES string of the molecule is COc1cccc(C2(c3nc(C4(N)CCC4)no3)CCCC2)c1. The molecule has 2 aromatic rings. The smallest absolute Gasteiger partial charge is 0.237 e. The number of aromatic nitrogens is 2. The summed E-state index contributed by atoms with van der Waals surface area (Å²) >= 11 is 0. The molecule has 1 aromatic heterocycles. The highest BCUT2D eigenvalue weighted by Crippen LogP contribution is 2.47. The van der Waals surface area contributed by atoms with E-state index in [4.69, 9.17) is 20.0 Å². The van der Waals surface area contributed by atoms with Crippen LogP contribution in [-0.4, -0.2) is 17.3 Å². The molecule has 0 amide bonds. The van der Waals surface area contributed by atoms with Crippen LogP contribution in [0.2, 0.25) is 0 Å². The van der Waals surface area contributed by atoms with E-state index >= 15 is 0 Å². The summed E-state index contributed by atoms with van der Waals surface area (Å²) in [4.78, 5) is 4.75. The highest BCUT2D eigenvalue weighted by atomic mass is 16.5. The van der Waals surface area contributed by atoms with E-state index in [0.717, 1.165) is 43.7 Å². The van der Waals surface area contributed by atoms with Crippen molar-refractivity contribution >= 4 is 0 Å². The van der Waals surface area contributed by atoms with E-state index in [-0.39, 0.29) is 11.0 Å². The highest BCUT2D eigenvalue weighted by Gasteiger charge is 2.45. The summed E-state index contributed by atoms with van der Waals surface area (Å²) in [5.41, 5.74) is 6.98. The molecule has 5 heteroatoms. The van der Waals surface area contributed by atoms with Crippen LogP contribution >= 0.6 is 0 Å². The molecule has 0 unspecified atom stereocenters. The van der Waals surface area contributed by atoms with Gasteiger partial charge in [-0.25, -0.2) is 0 Å². The second-order valence-corrected chi connectivity index (χ2v) is 6.95. The minimum absolute atomic E-state index is 0.195. The van der Waals surface area contributed by atoms with E-state index in [1.165, 1.54) is 18.4 Å². The zero-order valence-electron chi connectivity index (χ0n) is 13.5. The summed E-state index contributed by atoms with van der Waals surface area (Å²) in [6, 6.07) is 8.23. The molecule has 0 radical (unpaired) electrons. The molecule has 2 N–H and O–H groups in total. The summed E-state index contributed by atoms with van der Waals surface area (Å²) in [6.45, 7) is 0. The lowest BCUT2D eigenvalue weighted by atomic mass is 9.76. The van der Waals surface area contributed by atoms with Gasteiger partial charge >= 0.3 is 0 Å². The largest absolute Gasteiger partial charge is 0.497 e. The number of hydrogen-bond acceptors (Lipinski definition) is 5. The quantitative estimate of drug-likeness (QED) is 0.937. The lowest BCUT2D eigenvalue weighted by Gasteiger charge is -2.34. The fraction of sp³-hybridized carbons (Fsp3) is 0.556. The van der Waals surface area contributed by atoms with Crippen molar-refractivity contribution in [2.45, 2.75) is 55.9 Å². The van der Waals surface area contributed by atoms with Gasteiger partial charge in [0.2, 0.25) is 5.89 Å². The van der Waals surface area contributed by atoms with Gasteiger partial charge in [-0.05, 0) is 49.8 Å². The van der Waals surface area contributed by atoms with Crippen LogP contribution in [0.1, 0.15) is 62.2 Å². The fourth-order valence-corrected chi connectivity index (χ4v) is 3.93. The van der Waals surface area contributed by atoms with Crippen molar-refractivity contribution in [3.63, 3.8) is 0 Å². The Morgan fingerprint density at radius 3 is 2.57 bits per heavy atom. The Labute approximate surface area is 136 Å². The first-order valence-corrected chi connectivity index (χ1v) is 8.44. The maximum absolute atomic E-state index is 6.36. The number of benzene rings is 1. The number of ether oxygens (including phenoxy) is 1. The fourth-order valence-electron chi connectivity index (χ4n) is 3.93. The molecule has 0 saturated heterocycles. The van der Waals surface area contributed by atoms with Gasteiger partial charge in [0.25, 0.3) is 0 Å². The van der Waals surface area contributed by atoms with Crippen LogP contribution in [0.4, 0.5) is 0 Å². The van der Waals surface area contributed by atoms with Crippen LogP contribution in [0, 0.1) is 0 Å². The molecule has 23 heavy (non-hydrogen) atoms. The Balaban J connectivity index is 1.75. The zero-order chi connectivity index (χ0) is 15.9. The van der Waals surface area contributed by atoms with Gasteiger partial charge in [0.15, 0.2) is 5.82 Å². The van der Waals surface area contributed by atoms with Gasteiger partial charge in [0, 0.05) is 0 Å². The van der Waals surface area contributed by atoms with Crippen LogP contribution in [0.3, 0.4) is 0 Å². The number of nitrogens with zero attached hydrogens (tertiary/aromatic N) is 2. The van der Waals surface area contributed by atoms with Crippen molar-refractivity contribution in [3.8, 4) is 5.75 Å². The van der Waals surface area contributed by atoms with Gasteiger partial charge in [-0.15, -0.1) is 0 Å². The first kappa shape index (κ1) is 14.7. The van der Waals surface area contributed by atoms with Crippen LogP contribution in [-0.2, 0) is 11.0 Å². The third-order valence-electron chi connectivity index (χ3n) is 5.61. The van der Waals surface area contributed by atoms with Gasteiger partial charge in [0.05, 0.1) is 18.1 Å². The van der Waals surface area contributed by atoms with Crippen LogP contribution in [0.15, 0.2) is 28.8 Å². The van der Waals surface area contributed by atoms with Gasteiger partial charge in [-0.1, -0.05) is 30.1 Å². The molecule has 1 aromatic carbocycles. The maximum Gasteiger partial charge on any atom is 0.237 e. The van der Waals surface area contributed by atoms with Crippen molar-refractivity contribution in [2.24, 2.45) is 5.73 Å². The molecule has 0 atom stereocenters. The average Bonchev–Trinajstić information content (AvgIpc) is 3.22. The number of rotatable bonds is 4. The van der Waals surface area contributed by atoms with Crippen molar-refractivity contribution in [3.05, 3.63) is 41.5 Å². The molecular formula is C18H23N3O2. The molecule has 4 rings (SSSR count). The monoisotopic (exact) mass is 313 g/mol. The third kappa shape index (κ3) is 2.26. The molecule has 2 aliphatic carbocycles. The average molecular weight is 313 g/mol. The van der Waals surface area contributed by atoms with Crippen LogP contribution in [0.5, 0.6) is 5.75 Å². The van der Waals surface area contributed by atoms with Crippen molar-refractivity contribution in [2.75, 3.05) is 7.11 Å². The topological polar surface area (TPSA) is 74.2 Å². The lowest BCUT2D eigenvalue weighted by Crippen LogP contribution is -2.44. The molecule has 122 valence electrons. The summed E-state index contributed by atoms with van der Waals surface area (Å²) in [6.07, 6.45) is 7.42. The molecule has 0 aliphatic heterocycles. The summed E-state index contributed by atoms with van der Waals surface area (Å²) in [5, 5.41) is 4.23. The van der Waals surface area contributed by atoms with Gasteiger partial charge < -0.3 is 15.0 Å². The molecule has 5 nitrogen and oxygen atoms in total. The Morgan fingerprint density at radius 1 is 1.13 bits per heavy atom. The Bertz CT molecular complexity index is 700. The lowest BCUT2D eigenvalue weighted by molar-refractivity contribution is 0.227. The van der Waals surface area contributed by atoms with E-state index in [1.54, 1.807) is 7.11 Å². The van der Waals surface area contributed by atoms with Crippen molar-refractivity contribution < 1.29 is 9.26 Å². The Hall–Kier alpha value is -1.88. The minimum Gasteiger partial charge on any atom is -0.497 e. The molecule has 0 bridgehead atoms. The van der Waals surface area contributed by atoms with E-state index in [1.807, 2.05) is 12.1 Å². The summed E-state index contributed by atoms with van der Waals surface area (Å²) < 4.78 is 11.1. The molecule has 0 spiro atoms. The predicted octanol–water partition coefficient (Wildman–Crippen LogP) is 3.28. The summed E-state index contributed by atoms with van der Waals surface area (Å²) in [5.74, 6) is 2.26. The van der Waals surface area contributed by atoms with Crippen molar-refractivity contribution in [1.29, 1.82) is 0 Å². The van der Waals surface area contributed by atoms with Gasteiger partial charge in [-0.2, -0.15) is 4.98 Å². The van der Waals surface area contributed by atoms with Gasteiger partial charge in [-0.3, -0.25) is 0 Å². The van der Waals surface area contributed by atoms with Crippen LogP contribution in [0.25, 0.3) is 0 Å². The normalized spacial score (nSPS) is 21.8. The molecule has 2 fully saturated rings. The number of methoxy groups -OCH3 is 1. The van der Waals surface area contributed by atoms with E-state index < -0.39 is 0 Å². The molecular weight excluding hydrogens is 290 g/mol. The minimum atomic E-state index is -0.379. The second kappa shape index (κ2) is 5.34. The molecule has 2 aliphatic rings. The highest BCUT2D eigenvalue weighted by molar-refractivity contribution is 5.39. The zero-order valence-corrected chi connectivity index (χ0v) is 13.5. The Morgan fingerprint density at radius 2 is 1.91 bits per heavy atom. The number of hydrogen-bond donors (Lipinski definition) is 1. The van der Waals surface area contributed by atoms with E-state index in [0.29, 0.717) is 5.82 Å². The van der Waals surface area contributed by atoms with E-state index in [2.05, 4.69) is 17.3 Å². The second-order valence-electron chi connectivity index (χ2n) is 6.95. The molecule has 2 saturated carbocycles. The standard InChI is InChI=1S/C18H23N3O2/c1-22-14-7-4-6-13(12-14)17(8-2-3-9-17)16-20-15(21-23-16)18(19)10-5-11-18/h4,6-7,12H,2-3,5,8-11,19H2,1H3. The third-order valence-corrected chi connectivity index (χ3v) is 5.61. The number of nitrogens with two attached hydrogens (primary N) is 1. The maximum atomic E-state index is 6.36. The van der Waals surface area contributed by atoms with Crippen LogP contribution < -0.4 is 10.5 Å². The predicted molar refractivity (Wildman–Crippen MR) is 86.3 cm³/mol. The first-order chi connectivity index (χ1) is 11.2. The molecule has 1 heterocycles. The van der Waals surface area contributed by atoms with E-state index in [9.17, 15) is 0 Å². The first-order valence-electron chi connectivity index (χ1n) is 8.44.